The van der Waals surface area contributed by atoms with Gasteiger partial charge in [0, 0.05) is 11.8 Å². The zero-order chi connectivity index (χ0) is 13.3. The van der Waals surface area contributed by atoms with Crippen LogP contribution in [0.25, 0.3) is 11.1 Å². The summed E-state index contributed by atoms with van der Waals surface area (Å²) in [4.78, 5) is 3.19. The summed E-state index contributed by atoms with van der Waals surface area (Å²) in [6, 6.07) is 5.09. The monoisotopic (exact) mass is 257 g/mol. The lowest BCUT2D eigenvalue weighted by Gasteiger charge is -2.09. The molecule has 1 heterocycles. The normalized spacial score (nSPS) is 11.6. The second-order valence-corrected chi connectivity index (χ2v) is 3.59. The first-order valence-corrected chi connectivity index (χ1v) is 4.90. The molecule has 18 heavy (non-hydrogen) atoms. The maximum atomic E-state index is 13.0. The summed E-state index contributed by atoms with van der Waals surface area (Å²) in [5, 5.41) is 9.51. The van der Waals surface area contributed by atoms with E-state index in [0.717, 1.165) is 30.5 Å². The zero-order valence-electron chi connectivity index (χ0n) is 8.87. The van der Waals surface area contributed by atoms with Crippen LogP contribution in [-0.4, -0.2) is 10.1 Å². The first kappa shape index (κ1) is 12.3. The van der Waals surface area contributed by atoms with Gasteiger partial charge in [-0.05, 0) is 35.9 Å². The fraction of sp³-hybridized carbons (Fsp3) is 0.0833. The predicted octanol–water partition coefficient (Wildman–Crippen LogP) is 3.61. The largest absolute Gasteiger partial charge is 0.507 e. The van der Waals surface area contributed by atoms with Crippen LogP contribution in [0.1, 0.15) is 5.69 Å². The lowest BCUT2D eigenvalue weighted by molar-refractivity contribution is -0.141. The van der Waals surface area contributed by atoms with E-state index in [0.29, 0.717) is 0 Å². The fourth-order valence-corrected chi connectivity index (χ4v) is 1.49. The molecule has 2 aromatic rings. The second kappa shape index (κ2) is 4.29. The van der Waals surface area contributed by atoms with E-state index in [1.54, 1.807) is 0 Å². The molecule has 2 nitrogen and oxygen atoms in total. The lowest BCUT2D eigenvalue weighted by Crippen LogP contribution is -2.07. The van der Waals surface area contributed by atoms with Gasteiger partial charge in [-0.1, -0.05) is 0 Å². The van der Waals surface area contributed by atoms with Gasteiger partial charge in [-0.2, -0.15) is 13.2 Å². The smallest absolute Gasteiger partial charge is 0.433 e. The van der Waals surface area contributed by atoms with Gasteiger partial charge in [-0.15, -0.1) is 0 Å². The molecule has 0 bridgehead atoms. The summed E-state index contributed by atoms with van der Waals surface area (Å²) in [6.45, 7) is 0. The minimum atomic E-state index is -4.58. The molecule has 0 saturated carbocycles. The van der Waals surface area contributed by atoms with Gasteiger partial charge >= 0.3 is 6.18 Å². The fourth-order valence-electron chi connectivity index (χ4n) is 1.49. The average molecular weight is 257 g/mol. The number of nitrogens with zero attached hydrogens (tertiary/aromatic N) is 1. The summed E-state index contributed by atoms with van der Waals surface area (Å²) < 4.78 is 50.4. The zero-order valence-corrected chi connectivity index (χ0v) is 8.87. The Hall–Kier alpha value is -2.11. The van der Waals surface area contributed by atoms with E-state index < -0.39 is 17.7 Å². The number of aromatic hydroxyl groups is 1. The topological polar surface area (TPSA) is 33.1 Å². The second-order valence-electron chi connectivity index (χ2n) is 3.59. The SMILES string of the molecule is Oc1ccc(F)cc1-c1ccnc(C(F)(F)F)c1. The molecule has 0 unspecified atom stereocenters. The van der Waals surface area contributed by atoms with Gasteiger partial charge < -0.3 is 5.11 Å². The van der Waals surface area contributed by atoms with Crippen molar-refractivity contribution in [3.63, 3.8) is 0 Å². The van der Waals surface area contributed by atoms with E-state index in [9.17, 15) is 22.7 Å². The minimum Gasteiger partial charge on any atom is -0.507 e. The lowest BCUT2D eigenvalue weighted by atomic mass is 10.0. The molecule has 0 aliphatic rings. The Morgan fingerprint density at radius 3 is 2.44 bits per heavy atom. The number of benzene rings is 1. The van der Waals surface area contributed by atoms with Crippen molar-refractivity contribution in [1.29, 1.82) is 0 Å². The van der Waals surface area contributed by atoms with Crippen LogP contribution in [0.5, 0.6) is 5.75 Å². The van der Waals surface area contributed by atoms with Crippen LogP contribution in [-0.2, 0) is 6.18 Å². The quantitative estimate of drug-likeness (QED) is 0.791. The number of halogens is 4. The van der Waals surface area contributed by atoms with E-state index in [4.69, 9.17) is 0 Å². The molecular formula is C12H7F4NO. The van der Waals surface area contributed by atoms with Crippen LogP contribution in [0.2, 0.25) is 0 Å². The molecule has 0 saturated heterocycles. The molecule has 6 heteroatoms. The van der Waals surface area contributed by atoms with Crippen molar-refractivity contribution in [2.75, 3.05) is 0 Å². The first-order valence-electron chi connectivity index (χ1n) is 4.90. The summed E-state index contributed by atoms with van der Waals surface area (Å²) in [7, 11) is 0. The minimum absolute atomic E-state index is 0.0112. The molecule has 0 aliphatic carbocycles. The Morgan fingerprint density at radius 2 is 1.78 bits per heavy atom. The highest BCUT2D eigenvalue weighted by atomic mass is 19.4. The maximum Gasteiger partial charge on any atom is 0.433 e. The van der Waals surface area contributed by atoms with E-state index >= 15 is 0 Å². The van der Waals surface area contributed by atoms with Crippen molar-refractivity contribution in [1.82, 2.24) is 4.98 Å². The van der Waals surface area contributed by atoms with Gasteiger partial charge in [-0.3, -0.25) is 4.98 Å². The molecule has 0 spiro atoms. The van der Waals surface area contributed by atoms with Crippen LogP contribution < -0.4 is 0 Å². The van der Waals surface area contributed by atoms with Gasteiger partial charge in [0.05, 0.1) is 0 Å². The average Bonchev–Trinajstić information content (AvgIpc) is 2.31. The predicted molar refractivity (Wildman–Crippen MR) is 56.3 cm³/mol. The van der Waals surface area contributed by atoms with Gasteiger partial charge in [0.2, 0.25) is 0 Å². The summed E-state index contributed by atoms with van der Waals surface area (Å²) in [5.41, 5.74) is -1.05. The molecule has 0 atom stereocenters. The number of hydrogen-bond donors (Lipinski definition) is 1. The number of aromatic nitrogens is 1. The van der Waals surface area contributed by atoms with Gasteiger partial charge in [-0.25, -0.2) is 4.39 Å². The number of pyridine rings is 1. The van der Waals surface area contributed by atoms with Crippen molar-refractivity contribution >= 4 is 0 Å². The van der Waals surface area contributed by atoms with E-state index in [2.05, 4.69) is 4.98 Å². The Labute approximate surface area is 99.5 Å². The molecule has 0 aliphatic heterocycles. The molecule has 1 N–H and O–H groups in total. The number of phenols is 1. The van der Waals surface area contributed by atoms with Crippen molar-refractivity contribution in [3.8, 4) is 16.9 Å². The Kier molecular flexibility index (Phi) is 2.94. The van der Waals surface area contributed by atoms with Gasteiger partial charge in [0.1, 0.15) is 17.3 Å². The highest BCUT2D eigenvalue weighted by Gasteiger charge is 2.32. The van der Waals surface area contributed by atoms with Crippen LogP contribution in [0.3, 0.4) is 0 Å². The van der Waals surface area contributed by atoms with Crippen molar-refractivity contribution < 1.29 is 22.7 Å². The molecule has 0 radical (unpaired) electrons. The molecule has 1 aromatic carbocycles. The highest BCUT2D eigenvalue weighted by Crippen LogP contribution is 2.33. The van der Waals surface area contributed by atoms with Crippen molar-refractivity contribution in [3.05, 3.63) is 48.0 Å². The maximum absolute atomic E-state index is 13.0. The summed E-state index contributed by atoms with van der Waals surface area (Å²) in [6.07, 6.45) is -3.62. The molecule has 1 aromatic heterocycles. The van der Waals surface area contributed by atoms with Crippen LogP contribution in [0, 0.1) is 5.82 Å². The van der Waals surface area contributed by atoms with Crippen LogP contribution >= 0.6 is 0 Å². The number of hydrogen-bond acceptors (Lipinski definition) is 2. The molecule has 0 fully saturated rings. The van der Waals surface area contributed by atoms with E-state index in [-0.39, 0.29) is 16.9 Å². The molecule has 2 rings (SSSR count). The number of phenolic OH excluding ortho intramolecular Hbond substituents is 1. The number of rotatable bonds is 1. The third kappa shape index (κ3) is 2.42. The van der Waals surface area contributed by atoms with Gasteiger partial charge in [0.15, 0.2) is 0 Å². The van der Waals surface area contributed by atoms with Crippen molar-refractivity contribution in [2.24, 2.45) is 0 Å². The molecule has 94 valence electrons. The number of alkyl halides is 3. The summed E-state index contributed by atoms with van der Waals surface area (Å²) >= 11 is 0. The molecule has 0 amide bonds. The van der Waals surface area contributed by atoms with Gasteiger partial charge in [0.25, 0.3) is 0 Å². The third-order valence-electron chi connectivity index (χ3n) is 2.32. The van der Waals surface area contributed by atoms with Crippen molar-refractivity contribution in [2.45, 2.75) is 6.18 Å². The Bertz CT molecular complexity index is 581. The van der Waals surface area contributed by atoms with E-state index in [1.165, 1.54) is 6.07 Å². The third-order valence-corrected chi connectivity index (χ3v) is 2.32. The summed E-state index contributed by atoms with van der Waals surface area (Å²) in [5.74, 6) is -0.941. The molecular weight excluding hydrogens is 250 g/mol. The highest BCUT2D eigenvalue weighted by molar-refractivity contribution is 5.70. The first-order chi connectivity index (χ1) is 8.38. The van der Waals surface area contributed by atoms with Crippen LogP contribution in [0.4, 0.5) is 17.6 Å². The standard InChI is InChI=1S/C12H7F4NO/c13-8-1-2-10(18)9(6-8)7-3-4-17-11(5-7)12(14,15)16/h1-6,18H. The Morgan fingerprint density at radius 1 is 1.06 bits per heavy atom. The Balaban J connectivity index is 2.55. The van der Waals surface area contributed by atoms with Crippen LogP contribution in [0.15, 0.2) is 36.5 Å². The van der Waals surface area contributed by atoms with E-state index in [1.807, 2.05) is 0 Å².